The van der Waals surface area contributed by atoms with Gasteiger partial charge >= 0.3 is 0 Å². The van der Waals surface area contributed by atoms with Crippen LogP contribution in [0.4, 0.5) is 0 Å². The van der Waals surface area contributed by atoms with Crippen molar-refractivity contribution >= 4 is 15.9 Å². The molecule has 2 saturated heterocycles. The number of likely N-dealkylation sites (tertiary alicyclic amines) is 2. The summed E-state index contributed by atoms with van der Waals surface area (Å²) in [5, 5.41) is 8.91. The number of hydrogen-bond acceptors (Lipinski definition) is 3. The Balaban J connectivity index is 1.60. The molecular weight excluding hydrogens is 314 g/mol. The molecule has 0 radical (unpaired) electrons. The number of nitriles is 1. The third-order valence-corrected chi connectivity index (χ3v) is 5.22. The van der Waals surface area contributed by atoms with Gasteiger partial charge in [0.1, 0.15) is 0 Å². The summed E-state index contributed by atoms with van der Waals surface area (Å²) < 4.78 is 1.06. The lowest BCUT2D eigenvalue weighted by atomic mass is 10.1. The van der Waals surface area contributed by atoms with Crippen LogP contribution in [0.25, 0.3) is 0 Å². The van der Waals surface area contributed by atoms with E-state index < -0.39 is 0 Å². The fourth-order valence-corrected chi connectivity index (χ4v) is 3.85. The van der Waals surface area contributed by atoms with Gasteiger partial charge in [0.15, 0.2) is 0 Å². The molecule has 3 rings (SSSR count). The first-order chi connectivity index (χ1) is 9.76. The van der Waals surface area contributed by atoms with E-state index >= 15 is 0 Å². The molecule has 1 unspecified atom stereocenters. The minimum atomic E-state index is 0.719. The SMILES string of the molecule is N#Cc1ccc(CN2CCC(N3CCCC3)C2)c(Br)c1. The maximum Gasteiger partial charge on any atom is 0.0992 e. The van der Waals surface area contributed by atoms with Gasteiger partial charge in [0.2, 0.25) is 0 Å². The molecule has 2 heterocycles. The molecule has 2 aliphatic heterocycles. The second-order valence-electron chi connectivity index (χ2n) is 5.84. The van der Waals surface area contributed by atoms with Crippen molar-refractivity contribution in [3.05, 3.63) is 33.8 Å². The quantitative estimate of drug-likeness (QED) is 0.851. The molecule has 1 atom stereocenters. The zero-order valence-electron chi connectivity index (χ0n) is 11.7. The van der Waals surface area contributed by atoms with E-state index in [0.717, 1.165) is 22.6 Å². The van der Waals surface area contributed by atoms with Crippen molar-refractivity contribution in [3.8, 4) is 6.07 Å². The average Bonchev–Trinajstić information content (AvgIpc) is 3.11. The fourth-order valence-electron chi connectivity index (χ4n) is 3.35. The Kier molecular flexibility index (Phi) is 4.40. The monoisotopic (exact) mass is 333 g/mol. The van der Waals surface area contributed by atoms with Gasteiger partial charge in [0.25, 0.3) is 0 Å². The molecule has 1 aromatic carbocycles. The van der Waals surface area contributed by atoms with Crippen molar-refractivity contribution in [1.29, 1.82) is 5.26 Å². The van der Waals surface area contributed by atoms with Crippen LogP contribution in [0.15, 0.2) is 22.7 Å². The van der Waals surface area contributed by atoms with Crippen LogP contribution in [0.5, 0.6) is 0 Å². The fraction of sp³-hybridized carbons (Fsp3) is 0.562. The van der Waals surface area contributed by atoms with Crippen molar-refractivity contribution in [2.24, 2.45) is 0 Å². The predicted octanol–water partition coefficient (Wildman–Crippen LogP) is 2.99. The molecule has 0 saturated carbocycles. The molecule has 0 N–H and O–H groups in total. The van der Waals surface area contributed by atoms with Crippen LogP contribution in [0.1, 0.15) is 30.4 Å². The molecule has 0 bridgehead atoms. The van der Waals surface area contributed by atoms with Crippen molar-refractivity contribution in [1.82, 2.24) is 9.80 Å². The average molecular weight is 334 g/mol. The van der Waals surface area contributed by atoms with Crippen molar-refractivity contribution in [3.63, 3.8) is 0 Å². The highest BCUT2D eigenvalue weighted by Crippen LogP contribution is 2.25. The highest BCUT2D eigenvalue weighted by atomic mass is 79.9. The summed E-state index contributed by atoms with van der Waals surface area (Å²) in [5.41, 5.74) is 2.00. The summed E-state index contributed by atoms with van der Waals surface area (Å²) in [6, 6.07) is 8.85. The highest BCUT2D eigenvalue weighted by Gasteiger charge is 2.29. The number of nitrogens with zero attached hydrogens (tertiary/aromatic N) is 3. The first-order valence-corrected chi connectivity index (χ1v) is 8.20. The van der Waals surface area contributed by atoms with Gasteiger partial charge in [-0.3, -0.25) is 9.80 Å². The summed E-state index contributed by atoms with van der Waals surface area (Å²) in [5.74, 6) is 0. The zero-order valence-corrected chi connectivity index (χ0v) is 13.3. The Hall–Kier alpha value is -0.890. The molecule has 1 aromatic rings. The van der Waals surface area contributed by atoms with E-state index in [1.807, 2.05) is 12.1 Å². The molecule has 0 amide bonds. The van der Waals surface area contributed by atoms with Crippen LogP contribution in [0.2, 0.25) is 0 Å². The van der Waals surface area contributed by atoms with Crippen LogP contribution in [0.3, 0.4) is 0 Å². The minimum Gasteiger partial charge on any atom is -0.299 e. The Morgan fingerprint density at radius 1 is 1.25 bits per heavy atom. The number of halogens is 1. The van der Waals surface area contributed by atoms with Crippen LogP contribution in [0, 0.1) is 11.3 Å². The summed E-state index contributed by atoms with van der Waals surface area (Å²) in [6.45, 7) is 5.94. The maximum atomic E-state index is 8.91. The third-order valence-electron chi connectivity index (χ3n) is 4.48. The summed E-state index contributed by atoms with van der Waals surface area (Å²) >= 11 is 3.59. The second-order valence-corrected chi connectivity index (χ2v) is 6.69. The van der Waals surface area contributed by atoms with E-state index in [2.05, 4.69) is 37.9 Å². The summed E-state index contributed by atoms with van der Waals surface area (Å²) in [6.07, 6.45) is 4.04. The molecular formula is C16H20BrN3. The molecule has 106 valence electrons. The van der Waals surface area contributed by atoms with Crippen LogP contribution >= 0.6 is 15.9 Å². The van der Waals surface area contributed by atoms with Gasteiger partial charge in [-0.1, -0.05) is 22.0 Å². The van der Waals surface area contributed by atoms with Crippen molar-refractivity contribution in [2.75, 3.05) is 26.2 Å². The Labute approximate surface area is 129 Å². The van der Waals surface area contributed by atoms with E-state index in [9.17, 15) is 0 Å². The standard InChI is InChI=1S/C16H20BrN3/c17-16-9-13(10-18)3-4-14(16)11-19-8-5-15(12-19)20-6-1-2-7-20/h3-4,9,15H,1-2,5-8,11-12H2. The Bertz CT molecular complexity index is 517. The second kappa shape index (κ2) is 6.26. The molecule has 4 heteroatoms. The molecule has 2 fully saturated rings. The van der Waals surface area contributed by atoms with Gasteiger partial charge in [-0.15, -0.1) is 0 Å². The lowest BCUT2D eigenvalue weighted by Crippen LogP contribution is -2.35. The molecule has 2 aliphatic rings. The normalized spacial score (nSPS) is 24.1. The predicted molar refractivity (Wildman–Crippen MR) is 83.3 cm³/mol. The van der Waals surface area contributed by atoms with E-state index in [1.165, 1.54) is 51.0 Å². The first-order valence-electron chi connectivity index (χ1n) is 7.41. The van der Waals surface area contributed by atoms with E-state index in [1.54, 1.807) is 0 Å². The number of rotatable bonds is 3. The smallest absolute Gasteiger partial charge is 0.0992 e. The van der Waals surface area contributed by atoms with Gasteiger partial charge < -0.3 is 0 Å². The molecule has 0 spiro atoms. The first kappa shape index (κ1) is 14.1. The Morgan fingerprint density at radius 2 is 2.05 bits per heavy atom. The summed E-state index contributed by atoms with van der Waals surface area (Å²) in [4.78, 5) is 5.20. The van der Waals surface area contributed by atoms with E-state index in [0.29, 0.717) is 0 Å². The Morgan fingerprint density at radius 3 is 2.75 bits per heavy atom. The largest absolute Gasteiger partial charge is 0.299 e. The third kappa shape index (κ3) is 3.06. The molecule has 0 aliphatic carbocycles. The zero-order chi connectivity index (χ0) is 13.9. The highest BCUT2D eigenvalue weighted by molar-refractivity contribution is 9.10. The molecule has 0 aromatic heterocycles. The lowest BCUT2D eigenvalue weighted by Gasteiger charge is -2.24. The van der Waals surface area contributed by atoms with Gasteiger partial charge in [-0.25, -0.2) is 0 Å². The molecule has 3 nitrogen and oxygen atoms in total. The topological polar surface area (TPSA) is 30.3 Å². The molecule has 20 heavy (non-hydrogen) atoms. The van der Waals surface area contributed by atoms with Crippen molar-refractivity contribution < 1.29 is 0 Å². The van der Waals surface area contributed by atoms with E-state index in [4.69, 9.17) is 5.26 Å². The van der Waals surface area contributed by atoms with Crippen LogP contribution in [-0.2, 0) is 6.54 Å². The summed E-state index contributed by atoms with van der Waals surface area (Å²) in [7, 11) is 0. The van der Waals surface area contributed by atoms with Gasteiger partial charge in [-0.05, 0) is 50.0 Å². The van der Waals surface area contributed by atoms with E-state index in [-0.39, 0.29) is 0 Å². The van der Waals surface area contributed by atoms with Gasteiger partial charge in [0, 0.05) is 30.1 Å². The number of benzene rings is 1. The van der Waals surface area contributed by atoms with Gasteiger partial charge in [-0.2, -0.15) is 5.26 Å². The van der Waals surface area contributed by atoms with Crippen LogP contribution in [-0.4, -0.2) is 42.0 Å². The maximum absolute atomic E-state index is 8.91. The number of hydrogen-bond donors (Lipinski definition) is 0. The lowest BCUT2D eigenvalue weighted by molar-refractivity contribution is 0.230. The van der Waals surface area contributed by atoms with Crippen molar-refractivity contribution in [2.45, 2.75) is 31.8 Å². The van der Waals surface area contributed by atoms with Crippen LogP contribution < -0.4 is 0 Å². The van der Waals surface area contributed by atoms with Gasteiger partial charge in [0.05, 0.1) is 11.6 Å². The minimum absolute atomic E-state index is 0.719.